The monoisotopic (exact) mass is 422 g/mol. The summed E-state index contributed by atoms with van der Waals surface area (Å²) in [6, 6.07) is 0. The molecule has 0 aromatic rings. The number of ketones is 2. The summed E-state index contributed by atoms with van der Waals surface area (Å²) in [6.45, 7) is 6.83. The van der Waals surface area contributed by atoms with Crippen LogP contribution in [-0.4, -0.2) is 27.6 Å². The summed E-state index contributed by atoms with van der Waals surface area (Å²) in [5.74, 6) is 2.22. The van der Waals surface area contributed by atoms with Gasteiger partial charge in [0, 0.05) is 11.8 Å². The standard InChI is InChI=1S/C22H31BrO3/c1-13-10-15-16(20(2)7-4-14(24)11-18(13)20)5-8-21(3)17(15)6-9-22(21,26)19(25)12-23/h11,13,15-17,26H,4-10,12H2,1-3H3/t13-,15+,16-,17-,20+,21-,22-/m0/s1. The lowest BCUT2D eigenvalue weighted by Gasteiger charge is -2.60. The summed E-state index contributed by atoms with van der Waals surface area (Å²) in [7, 11) is 0. The first kappa shape index (κ1) is 18.9. The fourth-order valence-corrected chi connectivity index (χ4v) is 8.03. The number of carbonyl (C=O) groups excluding carboxylic acids is 2. The molecule has 0 amide bonds. The first-order chi connectivity index (χ1) is 12.2. The number of Topliss-reactive ketones (excluding diaryl/α,β-unsaturated/α-hetero) is 1. The Morgan fingerprint density at radius 3 is 2.62 bits per heavy atom. The molecule has 26 heavy (non-hydrogen) atoms. The van der Waals surface area contributed by atoms with Crippen LogP contribution < -0.4 is 0 Å². The van der Waals surface area contributed by atoms with Crippen molar-refractivity contribution in [3.63, 3.8) is 0 Å². The van der Waals surface area contributed by atoms with Crippen molar-refractivity contribution in [3.8, 4) is 0 Å². The van der Waals surface area contributed by atoms with E-state index in [1.165, 1.54) is 5.57 Å². The summed E-state index contributed by atoms with van der Waals surface area (Å²) in [6.07, 6.45) is 8.22. The molecule has 4 aliphatic carbocycles. The van der Waals surface area contributed by atoms with E-state index >= 15 is 0 Å². The summed E-state index contributed by atoms with van der Waals surface area (Å²) in [4.78, 5) is 24.6. The fraction of sp³-hybridized carbons (Fsp3) is 0.818. The molecule has 3 saturated carbocycles. The van der Waals surface area contributed by atoms with Gasteiger partial charge < -0.3 is 5.11 Å². The third-order valence-electron chi connectivity index (χ3n) is 9.01. The second-order valence-electron chi connectivity index (χ2n) is 9.91. The van der Waals surface area contributed by atoms with E-state index in [-0.39, 0.29) is 21.9 Å². The average Bonchev–Trinajstić information content (AvgIpc) is 2.88. The van der Waals surface area contributed by atoms with Crippen molar-refractivity contribution in [1.29, 1.82) is 0 Å². The second-order valence-corrected chi connectivity index (χ2v) is 10.5. The lowest BCUT2D eigenvalue weighted by atomic mass is 9.45. The highest BCUT2D eigenvalue weighted by atomic mass is 79.9. The highest BCUT2D eigenvalue weighted by molar-refractivity contribution is 9.09. The van der Waals surface area contributed by atoms with Crippen molar-refractivity contribution in [2.75, 3.05) is 5.33 Å². The van der Waals surface area contributed by atoms with Gasteiger partial charge in [-0.25, -0.2) is 0 Å². The summed E-state index contributed by atoms with van der Waals surface area (Å²) < 4.78 is 0. The first-order valence-electron chi connectivity index (χ1n) is 10.2. The lowest BCUT2D eigenvalue weighted by molar-refractivity contribution is -0.160. The maximum atomic E-state index is 12.6. The van der Waals surface area contributed by atoms with Crippen LogP contribution in [0.5, 0.6) is 0 Å². The van der Waals surface area contributed by atoms with Crippen molar-refractivity contribution in [2.24, 2.45) is 34.5 Å². The van der Waals surface area contributed by atoms with Gasteiger partial charge in [0.1, 0.15) is 5.60 Å². The number of halogens is 1. The van der Waals surface area contributed by atoms with Crippen molar-refractivity contribution < 1.29 is 14.7 Å². The Kier molecular flexibility index (Phi) is 4.36. The van der Waals surface area contributed by atoms with E-state index < -0.39 is 5.60 Å². The molecule has 3 nitrogen and oxygen atoms in total. The zero-order chi connectivity index (χ0) is 18.9. The molecule has 0 aromatic heterocycles. The third kappa shape index (κ3) is 2.27. The van der Waals surface area contributed by atoms with Crippen molar-refractivity contribution >= 4 is 27.5 Å². The number of carbonyl (C=O) groups is 2. The number of hydrogen-bond donors (Lipinski definition) is 1. The van der Waals surface area contributed by atoms with Gasteiger partial charge in [-0.05, 0) is 73.7 Å². The maximum absolute atomic E-state index is 12.6. The van der Waals surface area contributed by atoms with Crippen molar-refractivity contribution in [3.05, 3.63) is 11.6 Å². The number of aliphatic hydroxyl groups is 1. The quantitative estimate of drug-likeness (QED) is 0.668. The van der Waals surface area contributed by atoms with Gasteiger partial charge in [0.2, 0.25) is 0 Å². The molecule has 3 fully saturated rings. The number of fused-ring (bicyclic) bond motifs is 5. The fourth-order valence-electron chi connectivity index (χ4n) is 7.57. The van der Waals surface area contributed by atoms with Crippen LogP contribution >= 0.6 is 15.9 Å². The number of alkyl halides is 1. The van der Waals surface area contributed by atoms with E-state index in [9.17, 15) is 14.7 Å². The number of allylic oxidation sites excluding steroid dienone is 1. The van der Waals surface area contributed by atoms with E-state index in [0.717, 1.165) is 32.1 Å². The van der Waals surface area contributed by atoms with Crippen molar-refractivity contribution in [2.45, 2.75) is 71.3 Å². The molecule has 0 aromatic carbocycles. The minimum absolute atomic E-state index is 0.0418. The van der Waals surface area contributed by atoms with Crippen molar-refractivity contribution in [1.82, 2.24) is 0 Å². The highest BCUT2D eigenvalue weighted by Gasteiger charge is 2.66. The highest BCUT2D eigenvalue weighted by Crippen LogP contribution is 2.68. The Bertz CT molecular complexity index is 685. The smallest absolute Gasteiger partial charge is 0.175 e. The van der Waals surface area contributed by atoms with Gasteiger partial charge in [0.15, 0.2) is 11.6 Å². The molecule has 0 spiro atoms. The van der Waals surface area contributed by atoms with E-state index in [4.69, 9.17) is 0 Å². The number of hydrogen-bond acceptors (Lipinski definition) is 3. The Morgan fingerprint density at radius 2 is 1.92 bits per heavy atom. The normalized spacial score (nSPS) is 50.5. The van der Waals surface area contributed by atoms with Gasteiger partial charge >= 0.3 is 0 Å². The topological polar surface area (TPSA) is 54.4 Å². The maximum Gasteiger partial charge on any atom is 0.175 e. The van der Waals surface area contributed by atoms with E-state index in [1.807, 2.05) is 6.08 Å². The zero-order valence-corrected chi connectivity index (χ0v) is 17.8. The minimum atomic E-state index is -1.17. The predicted octanol–water partition coefficient (Wildman–Crippen LogP) is 4.46. The van der Waals surface area contributed by atoms with E-state index in [0.29, 0.717) is 42.3 Å². The average molecular weight is 423 g/mol. The molecule has 0 unspecified atom stereocenters. The van der Waals surface area contributed by atoms with Gasteiger partial charge in [-0.2, -0.15) is 0 Å². The molecular formula is C22H31BrO3. The molecule has 4 heteroatoms. The van der Waals surface area contributed by atoms with Crippen LogP contribution in [0.2, 0.25) is 0 Å². The van der Waals surface area contributed by atoms with Crippen LogP contribution in [0.3, 0.4) is 0 Å². The largest absolute Gasteiger partial charge is 0.381 e. The van der Waals surface area contributed by atoms with Crippen LogP contribution in [0.1, 0.15) is 65.7 Å². The molecule has 0 bridgehead atoms. The minimum Gasteiger partial charge on any atom is -0.381 e. The van der Waals surface area contributed by atoms with Crippen LogP contribution in [0.4, 0.5) is 0 Å². The summed E-state index contributed by atoms with van der Waals surface area (Å²) >= 11 is 3.29. The van der Waals surface area contributed by atoms with E-state index in [1.54, 1.807) is 0 Å². The van der Waals surface area contributed by atoms with Gasteiger partial charge in [-0.15, -0.1) is 0 Å². The first-order valence-corrected chi connectivity index (χ1v) is 11.4. The molecule has 144 valence electrons. The Labute approximate surface area is 165 Å². The molecule has 0 aliphatic heterocycles. The Morgan fingerprint density at radius 1 is 1.23 bits per heavy atom. The predicted molar refractivity (Wildman–Crippen MR) is 105 cm³/mol. The van der Waals surface area contributed by atoms with Crippen LogP contribution in [0.15, 0.2) is 11.6 Å². The van der Waals surface area contributed by atoms with Gasteiger partial charge in [-0.1, -0.05) is 42.3 Å². The molecule has 0 heterocycles. The Hall–Kier alpha value is -0.480. The third-order valence-corrected chi connectivity index (χ3v) is 9.52. The van der Waals surface area contributed by atoms with E-state index in [2.05, 4.69) is 36.7 Å². The van der Waals surface area contributed by atoms with Crippen LogP contribution in [0, 0.1) is 34.5 Å². The number of rotatable bonds is 2. The summed E-state index contributed by atoms with van der Waals surface area (Å²) in [5, 5.41) is 11.6. The van der Waals surface area contributed by atoms with Gasteiger partial charge in [0.25, 0.3) is 0 Å². The molecule has 4 aliphatic rings. The van der Waals surface area contributed by atoms with Crippen LogP contribution in [0.25, 0.3) is 0 Å². The molecule has 7 atom stereocenters. The SMILES string of the molecule is C[C@H]1C[C@@H]2[C@H](CC[C@@]3(C)[C@H]2CC[C@]3(O)C(=O)CBr)[C@@]2(C)CCC(=O)C=C12. The molecule has 4 rings (SSSR count). The van der Waals surface area contributed by atoms with Gasteiger partial charge in [0.05, 0.1) is 5.33 Å². The second kappa shape index (κ2) is 6.01. The Balaban J connectivity index is 1.72. The molecular weight excluding hydrogens is 392 g/mol. The summed E-state index contributed by atoms with van der Waals surface area (Å²) in [5.41, 5.74) is 0.0244. The molecule has 0 radical (unpaired) electrons. The lowest BCUT2D eigenvalue weighted by Crippen LogP contribution is -2.58. The molecule has 0 saturated heterocycles. The zero-order valence-electron chi connectivity index (χ0n) is 16.2. The molecule has 1 N–H and O–H groups in total. The van der Waals surface area contributed by atoms with Gasteiger partial charge in [-0.3, -0.25) is 9.59 Å². The van der Waals surface area contributed by atoms with Crippen LogP contribution in [-0.2, 0) is 9.59 Å².